The number of hydrogen-bond donors (Lipinski definition) is 0. The van der Waals surface area contributed by atoms with Crippen LogP contribution in [0.5, 0.6) is 0 Å². The van der Waals surface area contributed by atoms with Gasteiger partial charge in [-0.2, -0.15) is 0 Å². The van der Waals surface area contributed by atoms with Gasteiger partial charge in [0.2, 0.25) is 0 Å². The van der Waals surface area contributed by atoms with Crippen molar-refractivity contribution in [1.29, 1.82) is 0 Å². The van der Waals surface area contributed by atoms with Crippen LogP contribution in [0.25, 0.3) is 0 Å². The Labute approximate surface area is 110 Å². The quantitative estimate of drug-likeness (QED) is 0.821. The highest BCUT2D eigenvalue weighted by Gasteiger charge is 2.21. The van der Waals surface area contributed by atoms with Crippen LogP contribution in [0, 0.1) is 13.8 Å². The van der Waals surface area contributed by atoms with Gasteiger partial charge in [-0.05, 0) is 27.2 Å². The third-order valence-electron chi connectivity index (χ3n) is 4.18. The number of aromatic nitrogens is 1. The highest BCUT2D eigenvalue weighted by Crippen LogP contribution is 2.17. The lowest BCUT2D eigenvalue weighted by atomic mass is 10.1. The average Bonchev–Trinajstić information content (AvgIpc) is 2.70. The van der Waals surface area contributed by atoms with E-state index in [2.05, 4.69) is 28.8 Å². The molecule has 0 saturated carbocycles. The summed E-state index contributed by atoms with van der Waals surface area (Å²) in [5.41, 5.74) is 2.31. The normalized spacial score (nSPS) is 20.2. The summed E-state index contributed by atoms with van der Waals surface area (Å²) in [5, 5.41) is 4.03. The van der Waals surface area contributed by atoms with Gasteiger partial charge in [-0.25, -0.2) is 0 Å². The highest BCUT2D eigenvalue weighted by molar-refractivity contribution is 5.20. The molecule has 102 valence electrons. The first kappa shape index (κ1) is 13.6. The summed E-state index contributed by atoms with van der Waals surface area (Å²) in [7, 11) is 0. The van der Waals surface area contributed by atoms with Gasteiger partial charge in [-0.15, -0.1) is 0 Å². The van der Waals surface area contributed by atoms with Crippen LogP contribution < -0.4 is 0 Å². The highest BCUT2D eigenvalue weighted by atomic mass is 16.5. The molecule has 1 atom stereocenters. The van der Waals surface area contributed by atoms with Crippen molar-refractivity contribution in [3.63, 3.8) is 0 Å². The van der Waals surface area contributed by atoms with Crippen LogP contribution in [-0.2, 0) is 6.54 Å². The van der Waals surface area contributed by atoms with Gasteiger partial charge in [0.1, 0.15) is 5.76 Å². The molecule has 0 radical (unpaired) electrons. The van der Waals surface area contributed by atoms with Crippen molar-refractivity contribution in [1.82, 2.24) is 15.0 Å². The molecule has 1 saturated heterocycles. The Morgan fingerprint density at radius 3 is 2.39 bits per heavy atom. The van der Waals surface area contributed by atoms with E-state index in [-0.39, 0.29) is 0 Å². The van der Waals surface area contributed by atoms with Crippen molar-refractivity contribution < 1.29 is 4.52 Å². The molecule has 2 heterocycles. The van der Waals surface area contributed by atoms with Gasteiger partial charge in [-0.1, -0.05) is 12.1 Å². The second-order valence-electron chi connectivity index (χ2n) is 5.37. The fourth-order valence-electron chi connectivity index (χ4n) is 2.57. The molecule has 4 nitrogen and oxygen atoms in total. The molecule has 1 aromatic heterocycles. The Balaban J connectivity index is 1.87. The van der Waals surface area contributed by atoms with Crippen molar-refractivity contribution in [2.75, 3.05) is 26.2 Å². The van der Waals surface area contributed by atoms with Crippen molar-refractivity contribution in [3.8, 4) is 0 Å². The molecule has 4 heteroatoms. The molecule has 1 unspecified atom stereocenters. The summed E-state index contributed by atoms with van der Waals surface area (Å²) in [6.45, 7) is 14.3. The minimum absolute atomic E-state index is 0.714. The summed E-state index contributed by atoms with van der Waals surface area (Å²) < 4.78 is 5.23. The lowest BCUT2D eigenvalue weighted by Crippen LogP contribution is -2.49. The smallest absolute Gasteiger partial charge is 0.138 e. The fraction of sp³-hybridized carbons (Fsp3) is 0.786. The first-order valence-corrected chi connectivity index (χ1v) is 7.00. The zero-order valence-corrected chi connectivity index (χ0v) is 12.1. The topological polar surface area (TPSA) is 32.5 Å². The number of nitrogens with zero attached hydrogens (tertiary/aromatic N) is 3. The molecule has 0 aliphatic carbocycles. The summed E-state index contributed by atoms with van der Waals surface area (Å²) in [6.07, 6.45) is 1.24. The minimum atomic E-state index is 0.714. The van der Waals surface area contributed by atoms with E-state index in [9.17, 15) is 0 Å². The maximum Gasteiger partial charge on any atom is 0.138 e. The van der Waals surface area contributed by atoms with Crippen LogP contribution in [0.15, 0.2) is 4.52 Å². The molecule has 1 fully saturated rings. The fourth-order valence-corrected chi connectivity index (χ4v) is 2.57. The Morgan fingerprint density at radius 1 is 1.22 bits per heavy atom. The van der Waals surface area contributed by atoms with Gasteiger partial charge in [-0.3, -0.25) is 9.80 Å². The van der Waals surface area contributed by atoms with Crippen molar-refractivity contribution in [2.24, 2.45) is 0 Å². The largest absolute Gasteiger partial charge is 0.361 e. The van der Waals surface area contributed by atoms with Crippen molar-refractivity contribution in [2.45, 2.75) is 46.7 Å². The predicted molar refractivity (Wildman–Crippen MR) is 72.6 cm³/mol. The van der Waals surface area contributed by atoms with Crippen molar-refractivity contribution >= 4 is 0 Å². The monoisotopic (exact) mass is 251 g/mol. The summed E-state index contributed by atoms with van der Waals surface area (Å²) >= 11 is 0. The Hall–Kier alpha value is -0.870. The Kier molecular flexibility index (Phi) is 4.40. The molecular weight excluding hydrogens is 226 g/mol. The molecule has 0 aromatic carbocycles. The molecule has 1 aliphatic rings. The van der Waals surface area contributed by atoms with Gasteiger partial charge in [0.25, 0.3) is 0 Å². The number of rotatable bonds is 4. The zero-order chi connectivity index (χ0) is 13.1. The van der Waals surface area contributed by atoms with Crippen LogP contribution in [0.4, 0.5) is 0 Å². The van der Waals surface area contributed by atoms with E-state index >= 15 is 0 Å². The number of piperazine rings is 1. The van der Waals surface area contributed by atoms with Crippen LogP contribution in [0.2, 0.25) is 0 Å². The van der Waals surface area contributed by atoms with E-state index in [0.717, 1.165) is 31.1 Å². The molecule has 18 heavy (non-hydrogen) atoms. The zero-order valence-electron chi connectivity index (χ0n) is 12.1. The summed E-state index contributed by atoms with van der Waals surface area (Å²) in [4.78, 5) is 5.09. The standard InChI is InChI=1S/C14H25N3O/c1-5-11(2)17-8-6-16(7-9-17)10-14-12(3)15-18-13(14)4/h11H,5-10H2,1-4H3. The van der Waals surface area contributed by atoms with E-state index in [1.807, 2.05) is 13.8 Å². The van der Waals surface area contributed by atoms with Gasteiger partial charge >= 0.3 is 0 Å². The third-order valence-corrected chi connectivity index (χ3v) is 4.18. The van der Waals surface area contributed by atoms with E-state index in [1.54, 1.807) is 0 Å². The van der Waals surface area contributed by atoms with Crippen LogP contribution in [0.3, 0.4) is 0 Å². The van der Waals surface area contributed by atoms with Crippen LogP contribution in [0.1, 0.15) is 37.3 Å². The third kappa shape index (κ3) is 2.93. The summed E-state index contributed by atoms with van der Waals surface area (Å²) in [5.74, 6) is 0.969. The Morgan fingerprint density at radius 2 is 1.89 bits per heavy atom. The summed E-state index contributed by atoms with van der Waals surface area (Å²) in [6, 6.07) is 0.714. The van der Waals surface area contributed by atoms with Crippen molar-refractivity contribution in [3.05, 3.63) is 17.0 Å². The lowest BCUT2D eigenvalue weighted by Gasteiger charge is -2.37. The first-order valence-electron chi connectivity index (χ1n) is 7.00. The maximum atomic E-state index is 5.23. The lowest BCUT2D eigenvalue weighted by molar-refractivity contribution is 0.0960. The SMILES string of the molecule is CCC(C)N1CCN(Cc2c(C)noc2C)CC1. The van der Waals surface area contributed by atoms with Crippen LogP contribution in [-0.4, -0.2) is 47.2 Å². The minimum Gasteiger partial charge on any atom is -0.361 e. The second kappa shape index (κ2) is 5.85. The molecule has 0 N–H and O–H groups in total. The predicted octanol–water partition coefficient (Wildman–Crippen LogP) is 2.21. The number of aryl methyl sites for hydroxylation is 2. The maximum absolute atomic E-state index is 5.23. The molecule has 0 bridgehead atoms. The average molecular weight is 251 g/mol. The first-order chi connectivity index (χ1) is 8.61. The van der Waals surface area contributed by atoms with Crippen LogP contribution >= 0.6 is 0 Å². The molecule has 0 spiro atoms. The molecular formula is C14H25N3O. The van der Waals surface area contributed by atoms with E-state index in [1.165, 1.54) is 25.1 Å². The second-order valence-corrected chi connectivity index (χ2v) is 5.37. The molecule has 1 aromatic rings. The molecule has 0 amide bonds. The number of hydrogen-bond acceptors (Lipinski definition) is 4. The van der Waals surface area contributed by atoms with Gasteiger partial charge in [0, 0.05) is 44.3 Å². The van der Waals surface area contributed by atoms with Gasteiger partial charge < -0.3 is 4.52 Å². The van der Waals surface area contributed by atoms with E-state index in [4.69, 9.17) is 4.52 Å². The van der Waals surface area contributed by atoms with Gasteiger partial charge in [0.15, 0.2) is 0 Å². The molecule has 1 aliphatic heterocycles. The molecule has 2 rings (SSSR count). The van der Waals surface area contributed by atoms with E-state index in [0.29, 0.717) is 6.04 Å². The van der Waals surface area contributed by atoms with E-state index < -0.39 is 0 Å². The van der Waals surface area contributed by atoms with Gasteiger partial charge in [0.05, 0.1) is 5.69 Å². The Bertz CT molecular complexity index is 361.